The van der Waals surface area contributed by atoms with Gasteiger partial charge in [-0.15, -0.1) is 0 Å². The Bertz CT molecular complexity index is 2040. The molecule has 0 spiro atoms. The topological polar surface area (TPSA) is 226 Å². The van der Waals surface area contributed by atoms with Gasteiger partial charge in [0.2, 0.25) is 0 Å². The van der Waals surface area contributed by atoms with Gasteiger partial charge >= 0.3 is 35.8 Å². The van der Waals surface area contributed by atoms with Gasteiger partial charge in [0.25, 0.3) is 0 Å². The second-order valence-corrected chi connectivity index (χ2v) is 23.2. The molecule has 78 heavy (non-hydrogen) atoms. The number of hydrogen-bond acceptors (Lipinski definition) is 21. The van der Waals surface area contributed by atoms with Crippen LogP contribution in [0.4, 0.5) is 0 Å². The minimum absolute atomic E-state index is 0.178. The molecule has 21 nitrogen and oxygen atoms in total. The molecular weight excluding hydrogens is 1010 g/mol. The molecule has 3 saturated heterocycles. The minimum atomic E-state index is -0.548. The van der Waals surface area contributed by atoms with Gasteiger partial charge < -0.3 is 33.2 Å². The van der Waals surface area contributed by atoms with Crippen molar-refractivity contribution in [1.29, 1.82) is 0 Å². The average Bonchev–Trinajstić information content (AvgIpc) is 3.97. The van der Waals surface area contributed by atoms with Crippen molar-refractivity contribution in [3.05, 3.63) is 59.2 Å². The van der Waals surface area contributed by atoms with Crippen LogP contribution in [-0.4, -0.2) is 218 Å². The normalized spacial score (nSPS) is 16.8. The maximum Gasteiger partial charge on any atom is 0.339 e. The molecule has 5 rings (SSSR count). The molecule has 0 atom stereocenters. The van der Waals surface area contributed by atoms with Crippen LogP contribution in [0.2, 0.25) is 0 Å². The van der Waals surface area contributed by atoms with Gasteiger partial charge in [-0.25, -0.2) is 9.59 Å². The lowest BCUT2D eigenvalue weighted by atomic mass is 10.2. The lowest BCUT2D eigenvalue weighted by molar-refractivity contribution is -0.158. The summed E-state index contributed by atoms with van der Waals surface area (Å²) in [5.41, 5.74) is -0.164. The van der Waals surface area contributed by atoms with E-state index in [9.17, 15) is 33.6 Å². The van der Waals surface area contributed by atoms with Crippen LogP contribution in [0.15, 0.2) is 36.7 Å². The molecular formula is C57H93N7O14. The number of nitrogens with zero attached hydrogens (tertiary/aromatic N) is 7. The van der Waals surface area contributed by atoms with Crippen LogP contribution >= 0.6 is 0 Å². The molecule has 440 valence electrons. The van der Waals surface area contributed by atoms with Gasteiger partial charge in [0.05, 0.1) is 57.2 Å². The van der Waals surface area contributed by atoms with E-state index in [1.54, 1.807) is 6.07 Å². The first kappa shape index (κ1) is 68.7. The van der Waals surface area contributed by atoms with E-state index in [0.717, 1.165) is 64.3 Å². The molecule has 2 aromatic heterocycles. The summed E-state index contributed by atoms with van der Waals surface area (Å²) in [6.45, 7) is 33.2. The molecule has 0 aliphatic carbocycles. The predicted octanol–water partition coefficient (Wildman–Crippen LogP) is 5.91. The summed E-state index contributed by atoms with van der Waals surface area (Å²) in [5.74, 6) is -1.80. The van der Waals surface area contributed by atoms with E-state index in [1.807, 2.05) is 89.2 Å². The van der Waals surface area contributed by atoms with Gasteiger partial charge in [-0.3, -0.25) is 58.4 Å². The van der Waals surface area contributed by atoms with Gasteiger partial charge in [0, 0.05) is 84.5 Å². The molecule has 0 bridgehead atoms. The summed E-state index contributed by atoms with van der Waals surface area (Å²) in [6.07, 6.45) is 9.19. The molecule has 0 radical (unpaired) electrons. The quantitative estimate of drug-likeness (QED) is 0.129. The molecule has 21 heteroatoms. The largest absolute Gasteiger partial charge is 0.465 e. The van der Waals surface area contributed by atoms with Crippen LogP contribution in [0.5, 0.6) is 0 Å². The summed E-state index contributed by atoms with van der Waals surface area (Å²) in [7, 11) is 2.63. The van der Waals surface area contributed by atoms with Crippen LogP contribution in [0.3, 0.4) is 0 Å². The Kier molecular flexibility index (Phi) is 30.4. The molecule has 0 amide bonds. The Labute approximate surface area is 464 Å². The van der Waals surface area contributed by atoms with E-state index in [2.05, 4.69) is 39.2 Å². The highest BCUT2D eigenvalue weighted by Crippen LogP contribution is 2.14. The van der Waals surface area contributed by atoms with Crippen molar-refractivity contribution >= 4 is 42.1 Å². The number of rotatable bonds is 13. The first-order valence-corrected chi connectivity index (χ1v) is 27.1. The van der Waals surface area contributed by atoms with E-state index in [4.69, 9.17) is 28.4 Å². The monoisotopic (exact) mass is 1100 g/mol. The van der Waals surface area contributed by atoms with E-state index in [-0.39, 0.29) is 37.0 Å². The summed E-state index contributed by atoms with van der Waals surface area (Å²) in [4.78, 5) is 101. The molecule has 3 fully saturated rings. The third-order valence-electron chi connectivity index (χ3n) is 11.3. The molecule has 0 saturated carbocycles. The van der Waals surface area contributed by atoms with Crippen molar-refractivity contribution in [3.8, 4) is 0 Å². The Morgan fingerprint density at radius 2 is 0.795 bits per heavy atom. The average molecular weight is 1100 g/mol. The van der Waals surface area contributed by atoms with Crippen molar-refractivity contribution in [2.24, 2.45) is 0 Å². The lowest BCUT2D eigenvalue weighted by Crippen LogP contribution is -2.42. The molecule has 0 unspecified atom stereocenters. The molecule has 5 heterocycles. The summed E-state index contributed by atoms with van der Waals surface area (Å²) >= 11 is 0. The standard InChI is InChI=1S/C26H42N4O6.C19H36N2O4.C8H7NO3.C4H8O/c1-25(2,3)35-22(31)18-29-12-10-28(17-21-9-8-20(16-27-21)24(33)34-7)11-13-30(15-14-29)19-23(32)36-26(4,5)6;1-18(2,3)24-16(22)14-20-10-8-7-9-11-21(13-12-20)15-17(23)25-19(4,5)6;1-12-8(11)6-2-3-7(5-10)9-4-6;1-2-4-5-3-1/h8-9,16H,10-15,17-19H2,1-7H3;7-15H2,1-6H3;2-5H,1H3;1-4H2. The van der Waals surface area contributed by atoms with Gasteiger partial charge in [0.15, 0.2) is 6.29 Å². The third kappa shape index (κ3) is 33.1. The number of esters is 6. The Hall–Kier alpha value is -5.45. The summed E-state index contributed by atoms with van der Waals surface area (Å²) < 4.78 is 36.0. The van der Waals surface area contributed by atoms with Crippen molar-refractivity contribution in [3.63, 3.8) is 0 Å². The highest BCUT2D eigenvalue weighted by molar-refractivity contribution is 5.89. The molecule has 0 aromatic carbocycles. The zero-order valence-electron chi connectivity index (χ0n) is 49.4. The number of methoxy groups -OCH3 is 2. The highest BCUT2D eigenvalue weighted by atomic mass is 16.6. The van der Waals surface area contributed by atoms with Gasteiger partial charge in [-0.2, -0.15) is 0 Å². The highest BCUT2D eigenvalue weighted by Gasteiger charge is 2.26. The minimum Gasteiger partial charge on any atom is -0.465 e. The number of hydrogen-bond donors (Lipinski definition) is 0. The van der Waals surface area contributed by atoms with Crippen LogP contribution in [0, 0.1) is 0 Å². The number of aldehydes is 1. The number of carbonyl (C=O) groups excluding carboxylic acids is 7. The predicted molar refractivity (Wildman–Crippen MR) is 295 cm³/mol. The van der Waals surface area contributed by atoms with E-state index in [1.165, 1.54) is 51.6 Å². The molecule has 3 aliphatic rings. The van der Waals surface area contributed by atoms with Crippen LogP contribution in [-0.2, 0) is 58.9 Å². The van der Waals surface area contributed by atoms with Gasteiger partial charge in [-0.1, -0.05) is 6.42 Å². The van der Waals surface area contributed by atoms with Crippen molar-refractivity contribution in [2.45, 2.75) is 144 Å². The van der Waals surface area contributed by atoms with Crippen LogP contribution < -0.4 is 0 Å². The number of pyridine rings is 2. The lowest BCUT2D eigenvalue weighted by Gasteiger charge is -2.27. The van der Waals surface area contributed by atoms with Crippen molar-refractivity contribution in [2.75, 3.05) is 119 Å². The number of aromatic nitrogens is 2. The first-order valence-electron chi connectivity index (χ1n) is 27.1. The Morgan fingerprint density at radius 3 is 1.06 bits per heavy atom. The third-order valence-corrected chi connectivity index (χ3v) is 11.3. The van der Waals surface area contributed by atoms with E-state index >= 15 is 0 Å². The van der Waals surface area contributed by atoms with Gasteiger partial charge in [-0.05, 0) is 146 Å². The fourth-order valence-electron chi connectivity index (χ4n) is 7.76. The summed E-state index contributed by atoms with van der Waals surface area (Å²) in [5, 5.41) is 0. The Morgan fingerprint density at radius 1 is 0.462 bits per heavy atom. The smallest absolute Gasteiger partial charge is 0.339 e. The maximum atomic E-state index is 12.5. The van der Waals surface area contributed by atoms with Gasteiger partial charge in [0.1, 0.15) is 28.1 Å². The Balaban J connectivity index is 0.000000422. The second-order valence-electron chi connectivity index (χ2n) is 23.2. The first-order chi connectivity index (χ1) is 36.5. The fraction of sp³-hybridized carbons (Fsp3) is 0.702. The zero-order chi connectivity index (χ0) is 58.5. The van der Waals surface area contributed by atoms with Crippen molar-refractivity contribution in [1.82, 2.24) is 34.5 Å². The SMILES string of the molecule is C1CCOC1.CC(C)(C)OC(=O)CN1CCCCCN(CC(=O)OC(C)(C)C)CC1.COC(=O)c1ccc(C=O)nc1.COC(=O)c1ccc(CN2CCN(CC(=O)OC(C)(C)C)CCN(CC(=O)OC(C)(C)C)CC2)nc1. The van der Waals surface area contributed by atoms with E-state index in [0.29, 0.717) is 82.0 Å². The molecule has 0 N–H and O–H groups in total. The molecule has 3 aliphatic heterocycles. The molecule has 2 aromatic rings. The van der Waals surface area contributed by atoms with Crippen molar-refractivity contribution < 1.29 is 66.7 Å². The van der Waals surface area contributed by atoms with Crippen LogP contribution in [0.25, 0.3) is 0 Å². The number of ether oxygens (including phenoxy) is 7. The maximum absolute atomic E-state index is 12.5. The number of carbonyl (C=O) groups is 7. The van der Waals surface area contributed by atoms with Crippen LogP contribution in [0.1, 0.15) is 152 Å². The summed E-state index contributed by atoms with van der Waals surface area (Å²) in [6, 6.07) is 6.46. The fourth-order valence-corrected chi connectivity index (χ4v) is 7.76. The second kappa shape index (κ2) is 34.5. The van der Waals surface area contributed by atoms with E-state index < -0.39 is 34.3 Å². The zero-order valence-corrected chi connectivity index (χ0v) is 49.4.